The predicted octanol–water partition coefficient (Wildman–Crippen LogP) is 3.28. The molecule has 508 valence electrons. The molecular formula is C63H102ClF2N11O12S. The molecule has 90 heavy (non-hydrogen) atoms. The van der Waals surface area contributed by atoms with Crippen LogP contribution in [0.2, 0.25) is 0 Å². The number of thioether (sulfide) groups is 1. The van der Waals surface area contributed by atoms with E-state index in [1.54, 1.807) is 25.6 Å². The third-order valence-corrected chi connectivity index (χ3v) is 21.6. The lowest BCUT2D eigenvalue weighted by molar-refractivity contribution is -0.153. The summed E-state index contributed by atoms with van der Waals surface area (Å²) >= 11 is 8.18. The molecule has 7 fully saturated rings. The number of ether oxygens (including phenoxy) is 2. The fourth-order valence-electron chi connectivity index (χ4n) is 14.4. The van der Waals surface area contributed by atoms with Gasteiger partial charge in [0.25, 0.3) is 0 Å². The highest BCUT2D eigenvalue weighted by atomic mass is 35.5. The molecule has 7 rings (SSSR count). The minimum Gasteiger partial charge on any atom is -0.385 e. The fraction of sp³-hybridized carbons (Fsp3) is 0.841. The van der Waals surface area contributed by atoms with Crippen molar-refractivity contribution in [2.45, 2.75) is 227 Å². The Bertz CT molecular complexity index is 2480. The van der Waals surface area contributed by atoms with Crippen LogP contribution < -0.4 is 26.6 Å². The lowest BCUT2D eigenvalue weighted by Gasteiger charge is -2.43. The van der Waals surface area contributed by atoms with Crippen molar-refractivity contribution in [1.29, 1.82) is 0 Å². The highest BCUT2D eigenvalue weighted by Gasteiger charge is 2.47. The molecule has 4 heterocycles. The summed E-state index contributed by atoms with van der Waals surface area (Å²) in [7, 11) is 7.26. The van der Waals surface area contributed by atoms with Crippen molar-refractivity contribution < 1.29 is 66.2 Å². The monoisotopic (exact) mass is 1310 g/mol. The largest absolute Gasteiger partial charge is 0.385 e. The number of fused-ring (bicyclic) bond motifs is 2. The summed E-state index contributed by atoms with van der Waals surface area (Å²) in [5.41, 5.74) is 0. The molecule has 3 saturated carbocycles. The number of hydrogen-bond acceptors (Lipinski definition) is 14. The summed E-state index contributed by atoms with van der Waals surface area (Å²) in [6, 6.07) is -10.8. The zero-order chi connectivity index (χ0) is 65.5. The van der Waals surface area contributed by atoms with E-state index in [1.165, 1.54) is 71.7 Å². The minimum atomic E-state index is -1.25. The first-order valence-corrected chi connectivity index (χ1v) is 34.6. The Morgan fingerprint density at radius 2 is 1.07 bits per heavy atom. The van der Waals surface area contributed by atoms with E-state index >= 15 is 9.59 Å². The number of likely N-dealkylation sites (N-methyl/N-ethyl adjacent to an activating group) is 3. The number of nitrogens with one attached hydrogen (secondary N) is 5. The van der Waals surface area contributed by atoms with Crippen molar-refractivity contribution in [3.05, 3.63) is 0 Å². The van der Waals surface area contributed by atoms with Gasteiger partial charge in [0.15, 0.2) is 0 Å². The van der Waals surface area contributed by atoms with E-state index in [9.17, 15) is 47.1 Å². The first kappa shape index (κ1) is 72.5. The minimum absolute atomic E-state index is 0.00402. The Morgan fingerprint density at radius 3 is 1.62 bits per heavy atom. The Balaban J connectivity index is 1.27. The summed E-state index contributed by atoms with van der Waals surface area (Å²) in [5.74, 6) is -5.84. The van der Waals surface area contributed by atoms with E-state index in [1.807, 2.05) is 0 Å². The summed E-state index contributed by atoms with van der Waals surface area (Å²) in [6.45, 7) is 4.65. The molecule has 5 N–H and O–H groups in total. The highest BCUT2D eigenvalue weighted by molar-refractivity contribution is 7.99. The van der Waals surface area contributed by atoms with Crippen LogP contribution in [-0.4, -0.2) is 253 Å². The molecular weight excluding hydrogens is 1210 g/mol. The van der Waals surface area contributed by atoms with Crippen LogP contribution in [0.1, 0.15) is 149 Å². The molecule has 0 radical (unpaired) electrons. The number of nitrogens with zero attached hydrogens (tertiary/aromatic N) is 6. The normalized spacial score (nSPS) is 34.4. The van der Waals surface area contributed by atoms with Crippen LogP contribution in [0.25, 0.3) is 0 Å². The standard InChI is InChI=1S/C63H102ClF2N11O12S/c1-37(2)54-57(81)71-49(33-45-35-90-36-67-45)60(84)72(4)38(3)58(82)75(27-29-89-8)34-53(78)68-48(31-40-13-19-43(65)20-14-40)62(86)77-26-23-51(77)56(80)70-47(30-39-11-17-42(64)18-12-39)61(85)73(5)52(32-41-15-21-44(66)22-16-41)63(87)76-25-9-10-50(76)55(79)69-46(24-28-88-7)59(83)74(54)6/h37-52,54,67H,9-36H2,1-8H3,(H,68,78)(H,69,79)(H,70,80)(H,71,81)/t38-,39?,40?,41?,42?,43?,44?,45?,46+,47+,48+,49+,50-,51+,52+,54+/m1/s1. The molecule has 3 aliphatic carbocycles. The van der Waals surface area contributed by atoms with Crippen LogP contribution in [0.4, 0.5) is 8.78 Å². The maximum atomic E-state index is 15.5. The van der Waals surface area contributed by atoms with Crippen molar-refractivity contribution in [1.82, 2.24) is 56.0 Å². The second kappa shape index (κ2) is 34.3. The second-order valence-corrected chi connectivity index (χ2v) is 28.5. The van der Waals surface area contributed by atoms with E-state index in [-0.39, 0.29) is 133 Å². The molecule has 10 amide bonds. The van der Waals surface area contributed by atoms with Gasteiger partial charge in [-0.3, -0.25) is 47.9 Å². The number of rotatable bonds is 15. The van der Waals surface area contributed by atoms with E-state index in [2.05, 4.69) is 26.6 Å². The SMILES string of the molecule is COCC[C@@H]1NC(=O)[C@H]2CCCN2C(=O)[C@H](CC2CCC(F)CC2)N(C)C(=O)[C@H](CC2CCC(Cl)CC2)NC(=O)[C@@H]2CCN2C(=O)[C@H](CC2CCC(F)CC2)NC(=O)CN(CCOC)C(=O)[C@@H](C)N(C)C(=O)[C@H](CC2CSCN2)NC(=O)[C@H](C(C)C)N(C)C1=O. The number of hydrogen-bond donors (Lipinski definition) is 5. The summed E-state index contributed by atoms with van der Waals surface area (Å²) in [6.07, 6.45) is 5.09. The van der Waals surface area contributed by atoms with Crippen LogP contribution in [0.15, 0.2) is 0 Å². The molecule has 0 spiro atoms. The van der Waals surface area contributed by atoms with Gasteiger partial charge in [-0.2, -0.15) is 0 Å². The summed E-state index contributed by atoms with van der Waals surface area (Å²) < 4.78 is 40.1. The van der Waals surface area contributed by atoms with Gasteiger partial charge in [-0.15, -0.1) is 23.4 Å². The van der Waals surface area contributed by atoms with Crippen LogP contribution in [0.5, 0.6) is 0 Å². The fourth-order valence-corrected chi connectivity index (χ4v) is 15.6. The van der Waals surface area contributed by atoms with Crippen LogP contribution in [-0.2, 0) is 57.4 Å². The molecule has 0 aromatic carbocycles. The highest BCUT2D eigenvalue weighted by Crippen LogP contribution is 2.36. The molecule has 10 atom stereocenters. The van der Waals surface area contributed by atoms with Crippen molar-refractivity contribution in [2.24, 2.45) is 23.7 Å². The lowest BCUT2D eigenvalue weighted by atomic mass is 9.82. The summed E-state index contributed by atoms with van der Waals surface area (Å²) in [5, 5.41) is 15.0. The third-order valence-electron chi connectivity index (χ3n) is 20.1. The topological polar surface area (TPSA) is 269 Å². The quantitative estimate of drug-likeness (QED) is 0.147. The van der Waals surface area contributed by atoms with Gasteiger partial charge in [0.1, 0.15) is 66.7 Å². The molecule has 1 unspecified atom stereocenters. The predicted molar refractivity (Wildman–Crippen MR) is 336 cm³/mol. The van der Waals surface area contributed by atoms with Gasteiger partial charge >= 0.3 is 0 Å². The molecule has 7 aliphatic rings. The van der Waals surface area contributed by atoms with E-state index in [4.69, 9.17) is 21.1 Å². The van der Waals surface area contributed by atoms with Crippen molar-refractivity contribution >= 4 is 82.4 Å². The number of carbonyl (C=O) groups excluding carboxylic acids is 10. The molecule has 0 aromatic rings. The van der Waals surface area contributed by atoms with Gasteiger partial charge in [-0.25, -0.2) is 8.78 Å². The van der Waals surface area contributed by atoms with Gasteiger partial charge in [0.2, 0.25) is 59.1 Å². The van der Waals surface area contributed by atoms with Gasteiger partial charge < -0.3 is 65.5 Å². The van der Waals surface area contributed by atoms with Crippen molar-refractivity contribution in [3.8, 4) is 0 Å². The number of alkyl halides is 3. The zero-order valence-electron chi connectivity index (χ0n) is 54.2. The Hall–Kier alpha value is -4.92. The molecule has 0 bridgehead atoms. The van der Waals surface area contributed by atoms with E-state index in [0.717, 1.165) is 0 Å². The van der Waals surface area contributed by atoms with Gasteiger partial charge in [0.05, 0.1) is 13.2 Å². The van der Waals surface area contributed by atoms with Gasteiger partial charge in [-0.05, 0) is 159 Å². The zero-order valence-corrected chi connectivity index (χ0v) is 55.8. The van der Waals surface area contributed by atoms with Crippen LogP contribution >= 0.6 is 23.4 Å². The van der Waals surface area contributed by atoms with Crippen molar-refractivity contribution in [2.75, 3.05) is 86.4 Å². The van der Waals surface area contributed by atoms with Crippen LogP contribution in [0, 0.1) is 23.7 Å². The van der Waals surface area contributed by atoms with Crippen molar-refractivity contribution in [3.63, 3.8) is 0 Å². The van der Waals surface area contributed by atoms with E-state index in [0.29, 0.717) is 69.4 Å². The van der Waals surface area contributed by atoms with E-state index < -0.39 is 138 Å². The average Bonchev–Trinajstić information content (AvgIpc) is 1.28. The lowest BCUT2D eigenvalue weighted by Crippen LogP contribution is -2.65. The molecule has 0 aromatic heterocycles. The number of halogens is 3. The maximum absolute atomic E-state index is 15.5. The Kier molecular flexibility index (Phi) is 27.6. The van der Waals surface area contributed by atoms with Gasteiger partial charge in [0, 0.05) is 84.7 Å². The molecule has 27 heteroatoms. The second-order valence-electron chi connectivity index (χ2n) is 26.8. The first-order valence-electron chi connectivity index (χ1n) is 33.0. The molecule has 4 aliphatic heterocycles. The molecule has 4 saturated heterocycles. The first-order chi connectivity index (χ1) is 42.9. The molecule has 23 nitrogen and oxygen atoms in total. The maximum Gasteiger partial charge on any atom is 0.246 e. The third kappa shape index (κ3) is 19.1. The summed E-state index contributed by atoms with van der Waals surface area (Å²) in [4.78, 5) is 157. The van der Waals surface area contributed by atoms with Gasteiger partial charge in [-0.1, -0.05) is 13.8 Å². The smallest absolute Gasteiger partial charge is 0.246 e. The number of carbonyl (C=O) groups is 10. The average molecular weight is 1310 g/mol. The number of amides is 10. The van der Waals surface area contributed by atoms with Crippen LogP contribution in [0.3, 0.4) is 0 Å². The Labute approximate surface area is 539 Å². The Morgan fingerprint density at radius 1 is 0.556 bits per heavy atom. The number of methoxy groups -OCH3 is 2.